The summed E-state index contributed by atoms with van der Waals surface area (Å²) in [6.45, 7) is 10.7. The van der Waals surface area contributed by atoms with E-state index >= 15 is 0 Å². The van der Waals surface area contributed by atoms with Gasteiger partial charge >= 0.3 is 5.97 Å². The van der Waals surface area contributed by atoms with Crippen LogP contribution in [-0.2, 0) is 9.53 Å². The Morgan fingerprint density at radius 2 is 1.52 bits per heavy atom. The maximum atomic E-state index is 12.1. The lowest BCUT2D eigenvalue weighted by Gasteiger charge is -2.27. The first-order valence-corrected chi connectivity index (χ1v) is 9.59. The lowest BCUT2D eigenvalue weighted by atomic mass is 10.0. The molecule has 27 heavy (non-hydrogen) atoms. The highest BCUT2D eigenvalue weighted by Crippen LogP contribution is 2.14. The van der Waals surface area contributed by atoms with Crippen LogP contribution in [0.1, 0.15) is 66.7 Å². The first-order chi connectivity index (χ1) is 12.1. The van der Waals surface area contributed by atoms with Crippen LogP contribution < -0.4 is 0 Å². The van der Waals surface area contributed by atoms with E-state index < -0.39 is 11.6 Å². The number of halogens is 1. The molecule has 4 nitrogen and oxygen atoms in total. The molecule has 0 aromatic rings. The number of allylic oxidation sites excluding steroid dienone is 5. The lowest BCUT2D eigenvalue weighted by molar-refractivity contribution is -0.166. The molecular weight excluding hydrogens is 362 g/mol. The standard InChI is InChI=1S/C22H39NO3.ClH/c1-8-22(25,17-23(6)7)21(24)26-16-15-20(5)14-10-13-19(4)12-9-11-18(2)3;/h11,13,15,25H,8-10,12,14,16-17H2,1-7H3;1H. The maximum absolute atomic E-state index is 12.1. The summed E-state index contributed by atoms with van der Waals surface area (Å²) in [5.74, 6) is -0.548. The van der Waals surface area contributed by atoms with E-state index in [1.165, 1.54) is 16.7 Å². The van der Waals surface area contributed by atoms with Gasteiger partial charge in [-0.1, -0.05) is 35.8 Å². The summed E-state index contributed by atoms with van der Waals surface area (Å²) < 4.78 is 5.26. The molecule has 0 saturated carbocycles. The van der Waals surface area contributed by atoms with Gasteiger partial charge in [-0.25, -0.2) is 4.79 Å². The largest absolute Gasteiger partial charge is 0.459 e. The maximum Gasteiger partial charge on any atom is 0.339 e. The summed E-state index contributed by atoms with van der Waals surface area (Å²) in [5, 5.41) is 10.4. The van der Waals surface area contributed by atoms with E-state index in [0.717, 1.165) is 25.7 Å². The molecule has 0 aromatic heterocycles. The number of carbonyl (C=O) groups excluding carboxylic acids is 1. The zero-order valence-corrected chi connectivity index (χ0v) is 19.1. The normalized spacial score (nSPS) is 14.4. The average molecular weight is 402 g/mol. The molecule has 0 saturated heterocycles. The van der Waals surface area contributed by atoms with Crippen LogP contribution in [0.25, 0.3) is 0 Å². The Labute approximate surface area is 172 Å². The molecule has 0 spiro atoms. The lowest BCUT2D eigenvalue weighted by Crippen LogP contribution is -2.47. The van der Waals surface area contributed by atoms with Crippen LogP contribution in [-0.4, -0.2) is 48.8 Å². The van der Waals surface area contributed by atoms with Crippen molar-refractivity contribution < 1.29 is 14.6 Å². The molecule has 0 aliphatic carbocycles. The quantitative estimate of drug-likeness (QED) is 0.366. The van der Waals surface area contributed by atoms with E-state index in [2.05, 4.69) is 32.9 Å². The first-order valence-electron chi connectivity index (χ1n) is 9.59. The molecule has 5 heteroatoms. The van der Waals surface area contributed by atoms with Crippen molar-refractivity contribution >= 4 is 18.4 Å². The molecule has 0 radical (unpaired) electrons. The molecule has 1 unspecified atom stereocenters. The Balaban J connectivity index is 0. The number of aliphatic hydroxyl groups is 1. The summed E-state index contributed by atoms with van der Waals surface area (Å²) in [6.07, 6.45) is 11.0. The Morgan fingerprint density at radius 3 is 2.00 bits per heavy atom. The highest BCUT2D eigenvalue weighted by atomic mass is 35.5. The van der Waals surface area contributed by atoms with Gasteiger partial charge in [0.25, 0.3) is 0 Å². The Hall–Kier alpha value is -1.10. The molecular formula is C22H40ClNO3. The molecule has 0 rings (SSSR count). The third kappa shape index (κ3) is 13.7. The molecule has 0 amide bonds. The minimum Gasteiger partial charge on any atom is -0.459 e. The van der Waals surface area contributed by atoms with Crippen molar-refractivity contribution in [3.8, 4) is 0 Å². The number of rotatable bonds is 12. The van der Waals surface area contributed by atoms with Crippen LogP contribution in [0.4, 0.5) is 0 Å². The molecule has 158 valence electrons. The molecule has 0 bridgehead atoms. The van der Waals surface area contributed by atoms with Gasteiger partial charge in [0.1, 0.15) is 6.61 Å². The third-order valence-electron chi connectivity index (χ3n) is 4.31. The van der Waals surface area contributed by atoms with Crippen molar-refractivity contribution in [2.45, 2.75) is 72.3 Å². The van der Waals surface area contributed by atoms with Gasteiger partial charge in [0.05, 0.1) is 0 Å². The topological polar surface area (TPSA) is 49.8 Å². The van der Waals surface area contributed by atoms with E-state index in [9.17, 15) is 9.90 Å². The monoisotopic (exact) mass is 401 g/mol. The number of carbonyl (C=O) groups is 1. The fourth-order valence-corrected chi connectivity index (χ4v) is 2.58. The van der Waals surface area contributed by atoms with Crippen LogP contribution >= 0.6 is 12.4 Å². The molecule has 0 aliphatic rings. The van der Waals surface area contributed by atoms with Crippen molar-refractivity contribution in [3.05, 3.63) is 34.9 Å². The van der Waals surface area contributed by atoms with Gasteiger partial charge in [-0.3, -0.25) is 0 Å². The molecule has 0 aliphatic heterocycles. The van der Waals surface area contributed by atoms with Gasteiger partial charge < -0.3 is 14.7 Å². The zero-order chi connectivity index (χ0) is 20.2. The Kier molecular flexibility index (Phi) is 15.5. The van der Waals surface area contributed by atoms with Crippen LogP contribution in [0, 0.1) is 0 Å². The zero-order valence-electron chi connectivity index (χ0n) is 18.3. The predicted octanol–water partition coefficient (Wildman–Crippen LogP) is 5.07. The Bertz CT molecular complexity index is 520. The van der Waals surface area contributed by atoms with E-state index in [-0.39, 0.29) is 25.6 Å². The predicted molar refractivity (Wildman–Crippen MR) is 117 cm³/mol. The molecule has 1 atom stereocenters. The van der Waals surface area contributed by atoms with Gasteiger partial charge in [0.15, 0.2) is 5.60 Å². The van der Waals surface area contributed by atoms with E-state index in [1.54, 1.807) is 11.8 Å². The fourth-order valence-electron chi connectivity index (χ4n) is 2.58. The minimum absolute atomic E-state index is 0. The summed E-state index contributed by atoms with van der Waals surface area (Å²) in [4.78, 5) is 13.9. The number of esters is 1. The summed E-state index contributed by atoms with van der Waals surface area (Å²) >= 11 is 0. The number of hydrogen-bond donors (Lipinski definition) is 1. The highest BCUT2D eigenvalue weighted by Gasteiger charge is 2.36. The van der Waals surface area contributed by atoms with E-state index in [4.69, 9.17) is 4.74 Å². The number of likely N-dealkylation sites (N-methyl/N-ethyl adjacent to an activating group) is 1. The van der Waals surface area contributed by atoms with Crippen molar-refractivity contribution in [2.24, 2.45) is 0 Å². The van der Waals surface area contributed by atoms with Crippen LogP contribution in [0.2, 0.25) is 0 Å². The van der Waals surface area contributed by atoms with Crippen molar-refractivity contribution in [1.82, 2.24) is 4.90 Å². The van der Waals surface area contributed by atoms with Crippen LogP contribution in [0.5, 0.6) is 0 Å². The Morgan fingerprint density at radius 1 is 1.00 bits per heavy atom. The van der Waals surface area contributed by atoms with Gasteiger partial charge in [-0.05, 0) is 80.0 Å². The minimum atomic E-state index is -1.43. The average Bonchev–Trinajstić information content (AvgIpc) is 2.53. The van der Waals surface area contributed by atoms with Crippen molar-refractivity contribution in [2.75, 3.05) is 27.2 Å². The summed E-state index contributed by atoms with van der Waals surface area (Å²) in [5.41, 5.74) is 2.54. The second-order valence-corrected chi connectivity index (χ2v) is 7.68. The van der Waals surface area contributed by atoms with Crippen LogP contribution in [0.3, 0.4) is 0 Å². The molecule has 0 aromatic carbocycles. The van der Waals surface area contributed by atoms with E-state index in [0.29, 0.717) is 6.42 Å². The van der Waals surface area contributed by atoms with Gasteiger partial charge in [0.2, 0.25) is 0 Å². The number of ether oxygens (including phenoxy) is 1. The molecule has 0 heterocycles. The number of hydrogen-bond acceptors (Lipinski definition) is 4. The smallest absolute Gasteiger partial charge is 0.339 e. The van der Waals surface area contributed by atoms with Gasteiger partial charge in [0, 0.05) is 6.54 Å². The molecule has 0 fully saturated rings. The molecule has 1 N–H and O–H groups in total. The van der Waals surface area contributed by atoms with Gasteiger partial charge in [-0.15, -0.1) is 12.4 Å². The summed E-state index contributed by atoms with van der Waals surface area (Å²) in [6, 6.07) is 0. The van der Waals surface area contributed by atoms with Crippen LogP contribution in [0.15, 0.2) is 34.9 Å². The van der Waals surface area contributed by atoms with E-state index in [1.807, 2.05) is 27.1 Å². The second-order valence-electron chi connectivity index (χ2n) is 7.68. The first kappa shape index (κ1) is 28.1. The summed E-state index contributed by atoms with van der Waals surface area (Å²) in [7, 11) is 3.65. The SMILES string of the molecule is CCC(O)(CN(C)C)C(=O)OCC=C(C)CCC=C(C)CCC=C(C)C.Cl. The fraction of sp³-hybridized carbons (Fsp3) is 0.682. The van der Waals surface area contributed by atoms with Crippen molar-refractivity contribution in [3.63, 3.8) is 0 Å². The second kappa shape index (κ2) is 14.9. The number of nitrogens with zero attached hydrogens (tertiary/aromatic N) is 1. The van der Waals surface area contributed by atoms with Gasteiger partial charge in [-0.2, -0.15) is 0 Å². The third-order valence-corrected chi connectivity index (χ3v) is 4.31. The highest BCUT2D eigenvalue weighted by molar-refractivity contribution is 5.85. The van der Waals surface area contributed by atoms with Crippen molar-refractivity contribution in [1.29, 1.82) is 0 Å².